The van der Waals surface area contributed by atoms with Gasteiger partial charge in [-0.1, -0.05) is 48.9 Å². The average Bonchev–Trinajstić information content (AvgIpc) is 2.72. The Balaban J connectivity index is 1.81. The summed E-state index contributed by atoms with van der Waals surface area (Å²) >= 11 is 6.26. The quantitative estimate of drug-likeness (QED) is 0.690. The van der Waals surface area contributed by atoms with E-state index in [2.05, 4.69) is 11.6 Å². The zero-order valence-electron chi connectivity index (χ0n) is 17.5. The Morgan fingerprint density at radius 2 is 1.87 bits per heavy atom. The third-order valence-corrected chi connectivity index (χ3v) is 7.49. The van der Waals surface area contributed by atoms with Crippen molar-refractivity contribution in [3.05, 3.63) is 64.7 Å². The van der Waals surface area contributed by atoms with Crippen molar-refractivity contribution in [2.75, 3.05) is 13.1 Å². The summed E-state index contributed by atoms with van der Waals surface area (Å²) in [5.41, 5.74) is 1.75. The monoisotopic (exact) mass is 448 g/mol. The number of hydrogen-bond donors (Lipinski definition) is 1. The fourth-order valence-electron chi connectivity index (χ4n) is 3.72. The van der Waals surface area contributed by atoms with Gasteiger partial charge in [0.05, 0.1) is 4.90 Å². The summed E-state index contributed by atoms with van der Waals surface area (Å²) < 4.78 is 28.7. The van der Waals surface area contributed by atoms with Gasteiger partial charge in [-0.25, -0.2) is 8.42 Å². The first-order valence-corrected chi connectivity index (χ1v) is 12.2. The molecule has 1 aliphatic heterocycles. The van der Waals surface area contributed by atoms with E-state index in [0.29, 0.717) is 36.9 Å². The fraction of sp³-hybridized carbons (Fsp3) is 0.435. The van der Waals surface area contributed by atoms with Crippen LogP contribution in [0.4, 0.5) is 0 Å². The van der Waals surface area contributed by atoms with Crippen LogP contribution in [0.25, 0.3) is 0 Å². The minimum atomic E-state index is -3.82. The Labute approximate surface area is 184 Å². The van der Waals surface area contributed by atoms with Crippen molar-refractivity contribution in [1.82, 2.24) is 9.62 Å². The number of hydrogen-bond acceptors (Lipinski definition) is 3. The smallest absolute Gasteiger partial charge is 0.241 e. The zero-order chi connectivity index (χ0) is 21.7. The van der Waals surface area contributed by atoms with E-state index in [1.54, 1.807) is 29.2 Å². The number of piperidine rings is 1. The number of aryl methyl sites for hydroxylation is 2. The molecule has 2 aromatic carbocycles. The molecule has 1 fully saturated rings. The van der Waals surface area contributed by atoms with Crippen LogP contribution in [-0.2, 0) is 21.2 Å². The summed E-state index contributed by atoms with van der Waals surface area (Å²) in [6, 6.07) is 13.3. The summed E-state index contributed by atoms with van der Waals surface area (Å²) in [7, 11) is -3.82. The third-order valence-electron chi connectivity index (χ3n) is 5.65. The highest BCUT2D eigenvalue weighted by molar-refractivity contribution is 7.89. The van der Waals surface area contributed by atoms with Crippen LogP contribution >= 0.6 is 11.6 Å². The van der Waals surface area contributed by atoms with Gasteiger partial charge >= 0.3 is 0 Å². The maximum atomic E-state index is 13.3. The molecule has 0 aliphatic carbocycles. The van der Waals surface area contributed by atoms with E-state index in [4.69, 9.17) is 11.6 Å². The van der Waals surface area contributed by atoms with E-state index < -0.39 is 16.1 Å². The normalized spacial score (nSPS) is 16.4. The first-order chi connectivity index (χ1) is 14.3. The first kappa shape index (κ1) is 22.8. The van der Waals surface area contributed by atoms with Crippen molar-refractivity contribution in [2.45, 2.75) is 50.5 Å². The van der Waals surface area contributed by atoms with Crippen LogP contribution in [0, 0.1) is 12.8 Å². The van der Waals surface area contributed by atoms with E-state index in [1.165, 1.54) is 0 Å². The second-order valence-corrected chi connectivity index (χ2v) is 10.2. The molecule has 1 unspecified atom stereocenters. The van der Waals surface area contributed by atoms with Gasteiger partial charge in [0.25, 0.3) is 0 Å². The molecule has 1 aliphatic rings. The predicted octanol–water partition coefficient (Wildman–Crippen LogP) is 4.19. The Kier molecular flexibility index (Phi) is 7.55. The molecule has 0 bridgehead atoms. The molecule has 0 aromatic heterocycles. The van der Waals surface area contributed by atoms with Gasteiger partial charge in [-0.2, -0.15) is 4.72 Å². The lowest BCUT2D eigenvalue weighted by atomic mass is 9.98. The Bertz CT molecular complexity index is 985. The molecular weight excluding hydrogens is 420 g/mol. The summed E-state index contributed by atoms with van der Waals surface area (Å²) in [4.78, 5) is 15.2. The van der Waals surface area contributed by atoms with Crippen LogP contribution in [0.3, 0.4) is 0 Å². The van der Waals surface area contributed by atoms with Gasteiger partial charge in [0, 0.05) is 18.1 Å². The second kappa shape index (κ2) is 9.94. The van der Waals surface area contributed by atoms with Gasteiger partial charge in [0.2, 0.25) is 15.9 Å². The van der Waals surface area contributed by atoms with Gasteiger partial charge < -0.3 is 4.90 Å². The molecule has 3 rings (SSSR count). The molecule has 2 aromatic rings. The maximum Gasteiger partial charge on any atom is 0.241 e. The predicted molar refractivity (Wildman–Crippen MR) is 120 cm³/mol. The summed E-state index contributed by atoms with van der Waals surface area (Å²) in [5.74, 6) is 0.421. The highest BCUT2D eigenvalue weighted by atomic mass is 35.5. The second-order valence-electron chi connectivity index (χ2n) is 8.13. The largest absolute Gasteiger partial charge is 0.341 e. The number of benzene rings is 2. The molecule has 1 atom stereocenters. The van der Waals surface area contributed by atoms with Crippen molar-refractivity contribution >= 4 is 27.5 Å². The number of carbonyl (C=O) groups is 1. The number of halogens is 1. The van der Waals surface area contributed by atoms with Crippen molar-refractivity contribution in [2.24, 2.45) is 5.92 Å². The molecule has 1 amide bonds. The van der Waals surface area contributed by atoms with Crippen LogP contribution in [0.5, 0.6) is 0 Å². The summed E-state index contributed by atoms with van der Waals surface area (Å²) in [6.45, 7) is 5.34. The molecule has 1 heterocycles. The van der Waals surface area contributed by atoms with E-state index in [1.807, 2.05) is 31.2 Å². The molecule has 1 N–H and O–H groups in total. The number of rotatable bonds is 7. The van der Waals surface area contributed by atoms with Crippen LogP contribution in [0.15, 0.2) is 53.4 Å². The number of likely N-dealkylation sites (tertiary alicyclic amines) is 1. The standard InChI is InChI=1S/C23H29ClN2O3S/c1-17-12-14-26(15-13-17)23(27)22(11-10-19-7-3-4-9-21(19)24)25-30(28,29)20-8-5-6-18(2)16-20/h3-9,16-17,22,25H,10-15H2,1-2H3. The fourth-order valence-corrected chi connectivity index (χ4v) is 5.28. The molecule has 162 valence electrons. The lowest BCUT2D eigenvalue weighted by Crippen LogP contribution is -2.50. The molecule has 0 spiro atoms. The van der Waals surface area contributed by atoms with E-state index in [0.717, 1.165) is 24.0 Å². The lowest BCUT2D eigenvalue weighted by Gasteiger charge is -2.33. The van der Waals surface area contributed by atoms with Crippen molar-refractivity contribution < 1.29 is 13.2 Å². The van der Waals surface area contributed by atoms with Crippen LogP contribution in [-0.4, -0.2) is 38.4 Å². The van der Waals surface area contributed by atoms with E-state index in [9.17, 15) is 13.2 Å². The molecule has 7 heteroatoms. The lowest BCUT2D eigenvalue weighted by molar-refractivity contribution is -0.134. The molecule has 1 saturated heterocycles. The Morgan fingerprint density at radius 1 is 1.17 bits per heavy atom. The number of sulfonamides is 1. The minimum absolute atomic E-state index is 0.162. The zero-order valence-corrected chi connectivity index (χ0v) is 19.0. The number of nitrogens with one attached hydrogen (secondary N) is 1. The topological polar surface area (TPSA) is 66.5 Å². The first-order valence-electron chi connectivity index (χ1n) is 10.4. The average molecular weight is 449 g/mol. The third kappa shape index (κ3) is 5.84. The van der Waals surface area contributed by atoms with Gasteiger partial charge in [-0.15, -0.1) is 0 Å². The SMILES string of the molecule is Cc1cccc(S(=O)(=O)NC(CCc2ccccc2Cl)C(=O)N2CCC(C)CC2)c1. The number of carbonyl (C=O) groups excluding carboxylic acids is 1. The molecule has 30 heavy (non-hydrogen) atoms. The number of nitrogens with zero attached hydrogens (tertiary/aromatic N) is 1. The van der Waals surface area contributed by atoms with E-state index >= 15 is 0 Å². The summed E-state index contributed by atoms with van der Waals surface area (Å²) in [6.07, 6.45) is 2.73. The van der Waals surface area contributed by atoms with Gasteiger partial charge in [-0.3, -0.25) is 4.79 Å². The number of amides is 1. The van der Waals surface area contributed by atoms with E-state index in [-0.39, 0.29) is 10.8 Å². The Hall–Kier alpha value is -1.89. The molecular formula is C23H29ClN2O3S. The van der Waals surface area contributed by atoms with Crippen molar-refractivity contribution in [1.29, 1.82) is 0 Å². The van der Waals surface area contributed by atoms with Crippen LogP contribution < -0.4 is 4.72 Å². The van der Waals surface area contributed by atoms with Gasteiger partial charge in [-0.05, 0) is 67.9 Å². The summed E-state index contributed by atoms with van der Waals surface area (Å²) in [5, 5.41) is 0.622. The molecule has 0 radical (unpaired) electrons. The Morgan fingerprint density at radius 3 is 2.53 bits per heavy atom. The van der Waals surface area contributed by atoms with Gasteiger partial charge in [0.1, 0.15) is 6.04 Å². The highest BCUT2D eigenvalue weighted by Gasteiger charge is 2.31. The minimum Gasteiger partial charge on any atom is -0.341 e. The maximum absolute atomic E-state index is 13.3. The van der Waals surface area contributed by atoms with Crippen LogP contribution in [0.2, 0.25) is 5.02 Å². The van der Waals surface area contributed by atoms with Crippen LogP contribution in [0.1, 0.15) is 37.3 Å². The van der Waals surface area contributed by atoms with Crippen molar-refractivity contribution in [3.63, 3.8) is 0 Å². The molecule has 0 saturated carbocycles. The van der Waals surface area contributed by atoms with Crippen molar-refractivity contribution in [3.8, 4) is 0 Å². The highest BCUT2D eigenvalue weighted by Crippen LogP contribution is 2.21. The molecule has 5 nitrogen and oxygen atoms in total. The van der Waals surface area contributed by atoms with Gasteiger partial charge in [0.15, 0.2) is 0 Å².